The van der Waals surface area contributed by atoms with E-state index >= 15 is 0 Å². The second-order valence-corrected chi connectivity index (χ2v) is 3.47. The lowest BCUT2D eigenvalue weighted by atomic mass is 9.97. The molecule has 0 heterocycles. The van der Waals surface area contributed by atoms with Gasteiger partial charge in [0, 0.05) is 6.92 Å². The Morgan fingerprint density at radius 2 is 2.00 bits per heavy atom. The highest BCUT2D eigenvalue weighted by atomic mass is 16.5. The summed E-state index contributed by atoms with van der Waals surface area (Å²) in [6.07, 6.45) is 1.87. The largest absolute Gasteiger partial charge is 0.467 e. The van der Waals surface area contributed by atoms with Crippen molar-refractivity contribution in [1.29, 1.82) is 0 Å². The van der Waals surface area contributed by atoms with Crippen molar-refractivity contribution in [2.75, 3.05) is 7.11 Å². The predicted molar refractivity (Wildman–Crippen MR) is 53.7 cm³/mol. The van der Waals surface area contributed by atoms with Gasteiger partial charge in [0.25, 0.3) is 0 Å². The number of rotatable bonds is 5. The molecule has 0 rings (SSSR count). The fraction of sp³-hybridized carbons (Fsp3) is 0.800. The lowest BCUT2D eigenvalue weighted by molar-refractivity contribution is -0.146. The summed E-state index contributed by atoms with van der Waals surface area (Å²) in [6, 6.07) is -0.516. The van der Waals surface area contributed by atoms with Gasteiger partial charge in [0.15, 0.2) is 0 Å². The third-order valence-electron chi connectivity index (χ3n) is 2.13. The van der Waals surface area contributed by atoms with Crippen LogP contribution in [0.25, 0.3) is 0 Å². The molecule has 4 nitrogen and oxygen atoms in total. The first-order chi connectivity index (χ1) is 6.52. The van der Waals surface area contributed by atoms with Gasteiger partial charge in [-0.25, -0.2) is 4.79 Å². The van der Waals surface area contributed by atoms with E-state index in [2.05, 4.69) is 10.1 Å². The third kappa shape index (κ3) is 4.25. The fourth-order valence-electron chi connectivity index (χ4n) is 1.40. The second kappa shape index (κ2) is 6.40. The molecule has 0 bridgehead atoms. The van der Waals surface area contributed by atoms with Crippen LogP contribution in [0.3, 0.4) is 0 Å². The standard InChI is InChI=1S/C10H19NO3/c1-5-6-7(2)9(10(13)14-4)11-8(3)12/h7,9H,5-6H2,1-4H3,(H,11,12)/t7-,9-/m1/s1. The zero-order valence-corrected chi connectivity index (χ0v) is 9.29. The lowest BCUT2D eigenvalue weighted by Crippen LogP contribution is -2.44. The highest BCUT2D eigenvalue weighted by molar-refractivity contribution is 5.83. The Hall–Kier alpha value is -1.06. The zero-order chi connectivity index (χ0) is 11.1. The van der Waals surface area contributed by atoms with Crippen molar-refractivity contribution in [2.45, 2.75) is 39.7 Å². The van der Waals surface area contributed by atoms with Crippen LogP contribution in [0.15, 0.2) is 0 Å². The number of hydrogen-bond acceptors (Lipinski definition) is 3. The number of amides is 1. The summed E-state index contributed by atoms with van der Waals surface area (Å²) in [4.78, 5) is 22.2. The Morgan fingerprint density at radius 1 is 1.43 bits per heavy atom. The predicted octanol–water partition coefficient (Wildman–Crippen LogP) is 1.10. The Labute approximate surface area is 85.0 Å². The SMILES string of the molecule is CCC[C@@H](C)[C@@H](NC(C)=O)C(=O)OC. The van der Waals surface area contributed by atoms with E-state index in [4.69, 9.17) is 0 Å². The van der Waals surface area contributed by atoms with Crippen molar-refractivity contribution >= 4 is 11.9 Å². The molecule has 1 N–H and O–H groups in total. The van der Waals surface area contributed by atoms with Crippen LogP contribution in [0.1, 0.15) is 33.6 Å². The van der Waals surface area contributed by atoms with Gasteiger partial charge in [0.05, 0.1) is 7.11 Å². The molecule has 14 heavy (non-hydrogen) atoms. The van der Waals surface area contributed by atoms with Gasteiger partial charge >= 0.3 is 5.97 Å². The average Bonchev–Trinajstić information content (AvgIpc) is 2.13. The molecule has 4 heteroatoms. The van der Waals surface area contributed by atoms with Crippen LogP contribution in [0, 0.1) is 5.92 Å². The molecule has 2 atom stereocenters. The van der Waals surface area contributed by atoms with Gasteiger partial charge in [-0.15, -0.1) is 0 Å². The first-order valence-corrected chi connectivity index (χ1v) is 4.87. The molecule has 0 aromatic rings. The minimum atomic E-state index is -0.516. The van der Waals surface area contributed by atoms with Gasteiger partial charge in [0.2, 0.25) is 5.91 Å². The molecule has 0 saturated heterocycles. The summed E-state index contributed by atoms with van der Waals surface area (Å²) >= 11 is 0. The second-order valence-electron chi connectivity index (χ2n) is 3.47. The summed E-state index contributed by atoms with van der Waals surface area (Å²) in [7, 11) is 1.33. The van der Waals surface area contributed by atoms with Crippen molar-refractivity contribution in [3.63, 3.8) is 0 Å². The smallest absolute Gasteiger partial charge is 0.328 e. The van der Waals surface area contributed by atoms with E-state index in [-0.39, 0.29) is 17.8 Å². The van der Waals surface area contributed by atoms with E-state index in [9.17, 15) is 9.59 Å². The number of ether oxygens (including phenoxy) is 1. The van der Waals surface area contributed by atoms with E-state index in [1.807, 2.05) is 13.8 Å². The van der Waals surface area contributed by atoms with Crippen LogP contribution in [-0.4, -0.2) is 25.0 Å². The Balaban J connectivity index is 4.37. The molecular formula is C10H19NO3. The van der Waals surface area contributed by atoms with Crippen LogP contribution >= 0.6 is 0 Å². The first kappa shape index (κ1) is 12.9. The summed E-state index contributed by atoms with van der Waals surface area (Å²) in [5, 5.41) is 2.60. The van der Waals surface area contributed by atoms with Gasteiger partial charge in [-0.1, -0.05) is 20.3 Å². The van der Waals surface area contributed by atoms with Crippen molar-refractivity contribution in [1.82, 2.24) is 5.32 Å². The summed E-state index contributed by atoms with van der Waals surface area (Å²) < 4.78 is 4.63. The highest BCUT2D eigenvalue weighted by Crippen LogP contribution is 2.11. The maximum Gasteiger partial charge on any atom is 0.328 e. The van der Waals surface area contributed by atoms with E-state index in [0.717, 1.165) is 12.8 Å². The number of nitrogens with one attached hydrogen (secondary N) is 1. The lowest BCUT2D eigenvalue weighted by Gasteiger charge is -2.21. The van der Waals surface area contributed by atoms with Crippen LogP contribution in [0.2, 0.25) is 0 Å². The van der Waals surface area contributed by atoms with Crippen molar-refractivity contribution in [3.05, 3.63) is 0 Å². The van der Waals surface area contributed by atoms with E-state index in [0.29, 0.717) is 0 Å². The average molecular weight is 201 g/mol. The molecule has 0 aromatic heterocycles. The first-order valence-electron chi connectivity index (χ1n) is 4.87. The van der Waals surface area contributed by atoms with E-state index < -0.39 is 6.04 Å². The molecule has 0 aliphatic heterocycles. The van der Waals surface area contributed by atoms with Gasteiger partial charge < -0.3 is 10.1 Å². The minimum Gasteiger partial charge on any atom is -0.467 e. The van der Waals surface area contributed by atoms with Crippen molar-refractivity contribution in [2.24, 2.45) is 5.92 Å². The van der Waals surface area contributed by atoms with Crippen LogP contribution in [0.4, 0.5) is 0 Å². The Kier molecular flexibility index (Phi) is 5.92. The third-order valence-corrected chi connectivity index (χ3v) is 2.13. The molecule has 0 aromatic carbocycles. The number of methoxy groups -OCH3 is 1. The Morgan fingerprint density at radius 3 is 2.36 bits per heavy atom. The maximum atomic E-state index is 11.3. The number of esters is 1. The molecule has 0 saturated carbocycles. The monoisotopic (exact) mass is 201 g/mol. The van der Waals surface area contributed by atoms with Crippen molar-refractivity contribution in [3.8, 4) is 0 Å². The van der Waals surface area contributed by atoms with Crippen LogP contribution in [-0.2, 0) is 14.3 Å². The molecule has 0 spiro atoms. The van der Waals surface area contributed by atoms with E-state index in [1.165, 1.54) is 14.0 Å². The molecule has 0 fully saturated rings. The highest BCUT2D eigenvalue weighted by Gasteiger charge is 2.25. The molecule has 0 radical (unpaired) electrons. The maximum absolute atomic E-state index is 11.3. The van der Waals surface area contributed by atoms with Crippen molar-refractivity contribution < 1.29 is 14.3 Å². The molecule has 1 amide bonds. The topological polar surface area (TPSA) is 55.4 Å². The van der Waals surface area contributed by atoms with Gasteiger partial charge in [-0.2, -0.15) is 0 Å². The fourth-order valence-corrected chi connectivity index (χ4v) is 1.40. The zero-order valence-electron chi connectivity index (χ0n) is 9.29. The number of hydrogen-bond donors (Lipinski definition) is 1. The number of carbonyl (C=O) groups excluding carboxylic acids is 2. The van der Waals surface area contributed by atoms with E-state index in [1.54, 1.807) is 0 Å². The van der Waals surface area contributed by atoms with Gasteiger partial charge in [-0.05, 0) is 12.3 Å². The Bertz CT molecular complexity index is 204. The quantitative estimate of drug-likeness (QED) is 0.678. The molecule has 0 unspecified atom stereocenters. The minimum absolute atomic E-state index is 0.108. The van der Waals surface area contributed by atoms with Crippen LogP contribution in [0.5, 0.6) is 0 Å². The summed E-state index contributed by atoms with van der Waals surface area (Å²) in [5.41, 5.74) is 0. The summed E-state index contributed by atoms with van der Waals surface area (Å²) in [6.45, 7) is 5.37. The summed E-state index contributed by atoms with van der Waals surface area (Å²) in [5.74, 6) is -0.471. The number of carbonyl (C=O) groups is 2. The van der Waals surface area contributed by atoms with Crippen LogP contribution < -0.4 is 5.32 Å². The molecule has 0 aliphatic rings. The normalized spacial score (nSPS) is 14.3. The van der Waals surface area contributed by atoms with Gasteiger partial charge in [-0.3, -0.25) is 4.79 Å². The van der Waals surface area contributed by atoms with Gasteiger partial charge in [0.1, 0.15) is 6.04 Å². The molecular weight excluding hydrogens is 182 g/mol. The molecule has 82 valence electrons. The molecule has 0 aliphatic carbocycles.